The van der Waals surface area contributed by atoms with E-state index in [4.69, 9.17) is 5.11 Å². The number of ketones is 1. The molecule has 0 bridgehead atoms. The fraction of sp³-hybridized carbons (Fsp3) is 0.846. The first kappa shape index (κ1) is 13.2. The lowest BCUT2D eigenvalue weighted by atomic mass is 9.84. The highest BCUT2D eigenvalue weighted by Crippen LogP contribution is 2.36. The summed E-state index contributed by atoms with van der Waals surface area (Å²) < 4.78 is 0. The van der Waals surface area contributed by atoms with Gasteiger partial charge in [-0.15, -0.1) is 0 Å². The molecule has 0 radical (unpaired) electrons. The van der Waals surface area contributed by atoms with Crippen molar-refractivity contribution in [3.8, 4) is 0 Å². The van der Waals surface area contributed by atoms with E-state index >= 15 is 0 Å². The van der Waals surface area contributed by atoms with E-state index in [2.05, 4.69) is 13.8 Å². The summed E-state index contributed by atoms with van der Waals surface area (Å²) in [6.45, 7) is 4.30. The second kappa shape index (κ2) is 6.02. The van der Waals surface area contributed by atoms with Gasteiger partial charge in [-0.3, -0.25) is 9.59 Å². The lowest BCUT2D eigenvalue weighted by Crippen LogP contribution is -2.20. The highest BCUT2D eigenvalue weighted by molar-refractivity contribution is 5.84. The van der Waals surface area contributed by atoms with E-state index in [1.165, 1.54) is 0 Å². The van der Waals surface area contributed by atoms with Gasteiger partial charge in [0.1, 0.15) is 5.78 Å². The number of rotatable bonds is 6. The van der Waals surface area contributed by atoms with Crippen molar-refractivity contribution in [3.63, 3.8) is 0 Å². The fourth-order valence-corrected chi connectivity index (χ4v) is 2.81. The molecule has 3 unspecified atom stereocenters. The molecule has 0 aromatic rings. The van der Waals surface area contributed by atoms with Gasteiger partial charge in [0.15, 0.2) is 0 Å². The summed E-state index contributed by atoms with van der Waals surface area (Å²) in [5.74, 6) is 0.150. The Balaban J connectivity index is 2.52. The summed E-state index contributed by atoms with van der Waals surface area (Å²) in [6.07, 6.45) is 4.66. The minimum absolute atomic E-state index is 0.0117. The molecule has 0 amide bonds. The molecule has 0 aromatic heterocycles. The van der Waals surface area contributed by atoms with E-state index in [9.17, 15) is 9.59 Å². The molecule has 0 saturated heterocycles. The predicted molar refractivity (Wildman–Crippen MR) is 62.2 cm³/mol. The Bertz CT molecular complexity index is 260. The fourth-order valence-electron chi connectivity index (χ4n) is 2.81. The van der Waals surface area contributed by atoms with Crippen LogP contribution in [0.5, 0.6) is 0 Å². The molecule has 3 atom stereocenters. The average Bonchev–Trinajstić information content (AvgIpc) is 2.49. The first-order valence-electron chi connectivity index (χ1n) is 6.29. The normalized spacial score (nSPS) is 27.0. The largest absolute Gasteiger partial charge is 0.481 e. The molecule has 1 saturated carbocycles. The Morgan fingerprint density at radius 1 is 1.56 bits per heavy atom. The van der Waals surface area contributed by atoms with Crippen LogP contribution in [-0.4, -0.2) is 16.9 Å². The maximum Gasteiger partial charge on any atom is 0.303 e. The molecule has 3 heteroatoms. The van der Waals surface area contributed by atoms with Crippen LogP contribution in [0.3, 0.4) is 0 Å². The summed E-state index contributed by atoms with van der Waals surface area (Å²) >= 11 is 0. The Labute approximate surface area is 97.2 Å². The van der Waals surface area contributed by atoms with Crippen molar-refractivity contribution in [1.29, 1.82) is 0 Å². The summed E-state index contributed by atoms with van der Waals surface area (Å²) in [5, 5.41) is 8.80. The second-order valence-corrected chi connectivity index (χ2v) is 5.10. The van der Waals surface area contributed by atoms with Crippen LogP contribution in [0, 0.1) is 17.8 Å². The van der Waals surface area contributed by atoms with Crippen molar-refractivity contribution in [1.82, 2.24) is 0 Å². The van der Waals surface area contributed by atoms with Crippen LogP contribution in [0.1, 0.15) is 52.4 Å². The van der Waals surface area contributed by atoms with Crippen LogP contribution in [0.4, 0.5) is 0 Å². The summed E-state index contributed by atoms with van der Waals surface area (Å²) in [6, 6.07) is 0. The third-order valence-electron chi connectivity index (χ3n) is 3.62. The monoisotopic (exact) mass is 226 g/mol. The molecule has 0 aromatic carbocycles. The number of hydrogen-bond donors (Lipinski definition) is 1. The van der Waals surface area contributed by atoms with Gasteiger partial charge < -0.3 is 5.11 Å². The van der Waals surface area contributed by atoms with Crippen molar-refractivity contribution < 1.29 is 14.7 Å². The zero-order chi connectivity index (χ0) is 12.1. The van der Waals surface area contributed by atoms with Gasteiger partial charge in [0, 0.05) is 18.8 Å². The van der Waals surface area contributed by atoms with Gasteiger partial charge in [0.05, 0.1) is 0 Å². The van der Waals surface area contributed by atoms with Crippen molar-refractivity contribution >= 4 is 11.8 Å². The number of hydrogen-bond acceptors (Lipinski definition) is 2. The second-order valence-electron chi connectivity index (χ2n) is 5.10. The number of Topliss-reactive ketones (excluding diaryl/α,β-unsaturated/α-hetero) is 1. The molecule has 1 aliphatic carbocycles. The molecule has 1 N–H and O–H groups in total. The highest BCUT2D eigenvalue weighted by atomic mass is 16.4. The zero-order valence-electron chi connectivity index (χ0n) is 10.2. The minimum atomic E-state index is -0.771. The first-order valence-corrected chi connectivity index (χ1v) is 6.29. The topological polar surface area (TPSA) is 54.4 Å². The van der Waals surface area contributed by atoms with E-state index < -0.39 is 5.97 Å². The Morgan fingerprint density at radius 3 is 2.81 bits per heavy atom. The molecule has 3 nitrogen and oxygen atoms in total. The van der Waals surface area contributed by atoms with Crippen molar-refractivity contribution in [2.45, 2.75) is 52.4 Å². The molecule has 1 aliphatic rings. The molecule has 0 heterocycles. The molecular formula is C13H22O3. The van der Waals surface area contributed by atoms with Crippen LogP contribution in [0.25, 0.3) is 0 Å². The third kappa shape index (κ3) is 3.62. The smallest absolute Gasteiger partial charge is 0.303 e. The zero-order valence-corrected chi connectivity index (χ0v) is 10.2. The molecule has 1 fully saturated rings. The summed E-state index contributed by atoms with van der Waals surface area (Å²) in [5.41, 5.74) is 0. The van der Waals surface area contributed by atoms with Gasteiger partial charge in [-0.2, -0.15) is 0 Å². The Morgan fingerprint density at radius 2 is 2.25 bits per heavy atom. The van der Waals surface area contributed by atoms with E-state index in [1.807, 2.05) is 0 Å². The van der Waals surface area contributed by atoms with E-state index in [0.717, 1.165) is 25.7 Å². The standard InChI is InChI=1S/C13H22O3/c1-3-4-9(2)7-11-10(8-13(15)16)5-6-12(11)14/h9-11H,3-8H2,1-2H3,(H,15,16). The van der Waals surface area contributed by atoms with Crippen molar-refractivity contribution in [3.05, 3.63) is 0 Å². The molecule has 92 valence electrons. The SMILES string of the molecule is CCCC(C)CC1C(=O)CCC1CC(=O)O. The van der Waals surface area contributed by atoms with Gasteiger partial charge in [0.25, 0.3) is 0 Å². The van der Waals surface area contributed by atoms with Crippen LogP contribution in [-0.2, 0) is 9.59 Å². The quantitative estimate of drug-likeness (QED) is 0.757. The van der Waals surface area contributed by atoms with Gasteiger partial charge in [0.2, 0.25) is 0 Å². The molecule has 0 spiro atoms. The van der Waals surface area contributed by atoms with Crippen LogP contribution < -0.4 is 0 Å². The minimum Gasteiger partial charge on any atom is -0.481 e. The summed E-state index contributed by atoms with van der Waals surface area (Å²) in [4.78, 5) is 22.4. The van der Waals surface area contributed by atoms with Gasteiger partial charge in [-0.25, -0.2) is 0 Å². The average molecular weight is 226 g/mol. The maximum atomic E-state index is 11.7. The highest BCUT2D eigenvalue weighted by Gasteiger charge is 2.36. The maximum absolute atomic E-state index is 11.7. The summed E-state index contributed by atoms with van der Waals surface area (Å²) in [7, 11) is 0. The predicted octanol–water partition coefficient (Wildman–Crippen LogP) is 2.88. The number of carbonyl (C=O) groups excluding carboxylic acids is 1. The molecule has 0 aliphatic heterocycles. The van der Waals surface area contributed by atoms with Crippen LogP contribution in [0.15, 0.2) is 0 Å². The lowest BCUT2D eigenvalue weighted by Gasteiger charge is -2.20. The Kier molecular flexibility index (Phi) is 4.97. The van der Waals surface area contributed by atoms with E-state index in [-0.39, 0.29) is 24.0 Å². The van der Waals surface area contributed by atoms with Crippen molar-refractivity contribution in [2.75, 3.05) is 0 Å². The Hall–Kier alpha value is -0.860. The number of carboxylic acid groups (broad SMARTS) is 1. The van der Waals surface area contributed by atoms with Gasteiger partial charge >= 0.3 is 5.97 Å². The van der Waals surface area contributed by atoms with Crippen LogP contribution >= 0.6 is 0 Å². The molecule has 1 rings (SSSR count). The number of carbonyl (C=O) groups is 2. The number of aliphatic carboxylic acids is 1. The van der Waals surface area contributed by atoms with Crippen LogP contribution in [0.2, 0.25) is 0 Å². The first-order chi connectivity index (χ1) is 7.54. The van der Waals surface area contributed by atoms with E-state index in [0.29, 0.717) is 12.3 Å². The van der Waals surface area contributed by atoms with E-state index in [1.54, 1.807) is 0 Å². The lowest BCUT2D eigenvalue weighted by molar-refractivity contribution is -0.138. The molecular weight excluding hydrogens is 204 g/mol. The van der Waals surface area contributed by atoms with Crippen molar-refractivity contribution in [2.24, 2.45) is 17.8 Å². The number of carboxylic acids is 1. The third-order valence-corrected chi connectivity index (χ3v) is 3.62. The molecule has 16 heavy (non-hydrogen) atoms. The van der Waals surface area contributed by atoms with Gasteiger partial charge in [-0.05, 0) is 24.7 Å². The van der Waals surface area contributed by atoms with Gasteiger partial charge in [-0.1, -0.05) is 26.7 Å².